The molecule has 1 N–H and O–H groups in total. The first-order valence-corrected chi connectivity index (χ1v) is 10.4. The van der Waals surface area contributed by atoms with Crippen molar-refractivity contribution < 1.29 is 0 Å². The predicted molar refractivity (Wildman–Crippen MR) is 114 cm³/mol. The fourth-order valence-electron chi connectivity index (χ4n) is 3.02. The van der Waals surface area contributed by atoms with E-state index in [1.165, 1.54) is 17.3 Å². The zero-order chi connectivity index (χ0) is 19.5. The van der Waals surface area contributed by atoms with E-state index in [2.05, 4.69) is 69.5 Å². The van der Waals surface area contributed by atoms with Crippen molar-refractivity contribution in [2.75, 3.05) is 11.6 Å². The Bertz CT molecular complexity index is 1070. The van der Waals surface area contributed by atoms with Crippen LogP contribution in [0.3, 0.4) is 0 Å². The number of fused-ring (bicyclic) bond motifs is 1. The molecule has 1 aromatic carbocycles. The Hall–Kier alpha value is -2.93. The second-order valence-corrected chi connectivity index (χ2v) is 7.59. The molecule has 3 aromatic heterocycles. The van der Waals surface area contributed by atoms with Crippen molar-refractivity contribution in [1.82, 2.24) is 24.6 Å². The topological polar surface area (TPSA) is 68.0 Å². The summed E-state index contributed by atoms with van der Waals surface area (Å²) < 4.78 is 1.79. The van der Waals surface area contributed by atoms with Gasteiger partial charge >= 0.3 is 0 Å². The SMILES string of the molecule is CSc1nc(NCc2ccc(-c3cccnc3)cc2)n2ncc(C(C)C)c2n1. The van der Waals surface area contributed by atoms with Crippen LogP contribution in [0, 0.1) is 0 Å². The lowest BCUT2D eigenvalue weighted by Gasteiger charge is -2.10. The number of rotatable bonds is 6. The van der Waals surface area contributed by atoms with E-state index in [1.807, 2.05) is 24.7 Å². The highest BCUT2D eigenvalue weighted by Gasteiger charge is 2.14. The average molecular weight is 391 g/mol. The molecule has 28 heavy (non-hydrogen) atoms. The second kappa shape index (κ2) is 7.98. The molecule has 0 aliphatic carbocycles. The van der Waals surface area contributed by atoms with E-state index in [4.69, 9.17) is 0 Å². The Labute approximate surface area is 168 Å². The van der Waals surface area contributed by atoms with Crippen LogP contribution >= 0.6 is 11.8 Å². The number of thioether (sulfide) groups is 1. The van der Waals surface area contributed by atoms with Crippen molar-refractivity contribution in [1.29, 1.82) is 0 Å². The largest absolute Gasteiger partial charge is 0.350 e. The maximum atomic E-state index is 4.64. The molecule has 0 saturated carbocycles. The van der Waals surface area contributed by atoms with E-state index in [0.29, 0.717) is 18.4 Å². The third-order valence-electron chi connectivity index (χ3n) is 4.58. The molecular weight excluding hydrogens is 368 g/mol. The Balaban J connectivity index is 1.57. The van der Waals surface area contributed by atoms with Crippen LogP contribution in [0.25, 0.3) is 16.8 Å². The van der Waals surface area contributed by atoms with E-state index in [9.17, 15) is 0 Å². The number of benzene rings is 1. The first-order valence-electron chi connectivity index (χ1n) is 9.18. The quantitative estimate of drug-likeness (QED) is 0.484. The molecular formula is C21H22N6S. The molecule has 0 radical (unpaired) electrons. The molecule has 6 nitrogen and oxygen atoms in total. The van der Waals surface area contributed by atoms with E-state index >= 15 is 0 Å². The predicted octanol–water partition coefficient (Wildman–Crippen LogP) is 4.64. The summed E-state index contributed by atoms with van der Waals surface area (Å²) in [7, 11) is 0. The van der Waals surface area contributed by atoms with Gasteiger partial charge in [0.1, 0.15) is 0 Å². The fraction of sp³-hybridized carbons (Fsp3) is 0.238. The van der Waals surface area contributed by atoms with Gasteiger partial charge in [0.25, 0.3) is 0 Å². The van der Waals surface area contributed by atoms with E-state index in [0.717, 1.165) is 27.5 Å². The van der Waals surface area contributed by atoms with Crippen molar-refractivity contribution >= 4 is 23.4 Å². The molecule has 0 fully saturated rings. The first-order chi connectivity index (χ1) is 13.7. The zero-order valence-electron chi connectivity index (χ0n) is 16.1. The second-order valence-electron chi connectivity index (χ2n) is 6.82. The number of anilines is 1. The van der Waals surface area contributed by atoms with Gasteiger partial charge in [0, 0.05) is 24.5 Å². The van der Waals surface area contributed by atoms with Gasteiger partial charge in [0.15, 0.2) is 10.8 Å². The molecule has 0 spiro atoms. The highest BCUT2D eigenvalue weighted by molar-refractivity contribution is 7.98. The third-order valence-corrected chi connectivity index (χ3v) is 5.13. The monoisotopic (exact) mass is 390 g/mol. The lowest BCUT2D eigenvalue weighted by molar-refractivity contribution is 0.824. The average Bonchev–Trinajstić information content (AvgIpc) is 3.17. The van der Waals surface area contributed by atoms with Crippen LogP contribution in [0.4, 0.5) is 5.95 Å². The zero-order valence-corrected chi connectivity index (χ0v) is 16.9. The Morgan fingerprint density at radius 1 is 1.04 bits per heavy atom. The van der Waals surface area contributed by atoms with Gasteiger partial charge in [-0.05, 0) is 34.9 Å². The highest BCUT2D eigenvalue weighted by Crippen LogP contribution is 2.24. The summed E-state index contributed by atoms with van der Waals surface area (Å²) in [5, 5.41) is 8.65. The third kappa shape index (κ3) is 3.71. The summed E-state index contributed by atoms with van der Waals surface area (Å²) >= 11 is 1.53. The number of nitrogens with zero attached hydrogens (tertiary/aromatic N) is 5. The van der Waals surface area contributed by atoms with Crippen molar-refractivity contribution in [3.05, 3.63) is 66.1 Å². The minimum Gasteiger partial charge on any atom is -0.350 e. The number of pyridine rings is 1. The van der Waals surface area contributed by atoms with Crippen LogP contribution in [-0.2, 0) is 6.54 Å². The first kappa shape index (κ1) is 18.4. The summed E-state index contributed by atoms with van der Waals surface area (Å²) in [6, 6.07) is 12.5. The molecule has 0 aliphatic rings. The molecule has 0 saturated heterocycles. The number of hydrogen-bond donors (Lipinski definition) is 1. The maximum absolute atomic E-state index is 4.64. The van der Waals surface area contributed by atoms with Gasteiger partial charge in [0.05, 0.1) is 6.20 Å². The van der Waals surface area contributed by atoms with Gasteiger partial charge in [-0.25, -0.2) is 4.98 Å². The van der Waals surface area contributed by atoms with Crippen LogP contribution in [0.15, 0.2) is 60.1 Å². The van der Waals surface area contributed by atoms with Gasteiger partial charge in [-0.15, -0.1) is 0 Å². The van der Waals surface area contributed by atoms with Crippen molar-refractivity contribution in [2.24, 2.45) is 0 Å². The highest BCUT2D eigenvalue weighted by atomic mass is 32.2. The number of nitrogens with one attached hydrogen (secondary N) is 1. The van der Waals surface area contributed by atoms with Crippen LogP contribution in [0.1, 0.15) is 30.9 Å². The maximum Gasteiger partial charge on any atom is 0.228 e. The molecule has 142 valence electrons. The minimum atomic E-state index is 0.356. The normalized spacial score (nSPS) is 11.3. The summed E-state index contributed by atoms with van der Waals surface area (Å²) in [5.74, 6) is 1.06. The summed E-state index contributed by atoms with van der Waals surface area (Å²) in [6.07, 6.45) is 7.52. The Kier molecular flexibility index (Phi) is 5.25. The van der Waals surface area contributed by atoms with E-state index < -0.39 is 0 Å². The molecule has 4 aromatic rings. The van der Waals surface area contributed by atoms with Crippen molar-refractivity contribution in [3.8, 4) is 11.1 Å². The standard InChI is InChI=1S/C21H22N6S/c1-14(2)18-13-24-27-19(18)25-21(28-3)26-20(27)23-11-15-6-8-16(9-7-15)17-5-4-10-22-12-17/h4-10,12-14H,11H2,1-3H3,(H,23,25,26). The summed E-state index contributed by atoms with van der Waals surface area (Å²) in [6.45, 7) is 4.95. The van der Waals surface area contributed by atoms with Gasteiger partial charge in [0.2, 0.25) is 5.95 Å². The lowest BCUT2D eigenvalue weighted by atomic mass is 10.1. The van der Waals surface area contributed by atoms with Crippen molar-refractivity contribution in [3.63, 3.8) is 0 Å². The molecule has 0 aliphatic heterocycles. The van der Waals surface area contributed by atoms with Gasteiger partial charge < -0.3 is 5.32 Å². The molecule has 0 unspecified atom stereocenters. The minimum absolute atomic E-state index is 0.356. The van der Waals surface area contributed by atoms with Gasteiger partial charge in [-0.1, -0.05) is 55.9 Å². The van der Waals surface area contributed by atoms with Crippen LogP contribution in [0.5, 0.6) is 0 Å². The summed E-state index contributed by atoms with van der Waals surface area (Å²) in [5.41, 5.74) is 5.42. The van der Waals surface area contributed by atoms with E-state index in [-0.39, 0.29) is 0 Å². The van der Waals surface area contributed by atoms with Crippen LogP contribution in [0.2, 0.25) is 0 Å². The van der Waals surface area contributed by atoms with Gasteiger partial charge in [-0.3, -0.25) is 4.98 Å². The Morgan fingerprint density at radius 3 is 2.54 bits per heavy atom. The molecule has 0 atom stereocenters. The number of aromatic nitrogens is 5. The van der Waals surface area contributed by atoms with Crippen LogP contribution < -0.4 is 5.32 Å². The van der Waals surface area contributed by atoms with E-state index in [1.54, 1.807) is 10.7 Å². The Morgan fingerprint density at radius 2 is 1.86 bits per heavy atom. The van der Waals surface area contributed by atoms with Crippen LogP contribution in [-0.4, -0.2) is 30.8 Å². The molecule has 4 rings (SSSR count). The fourth-order valence-corrected chi connectivity index (χ4v) is 3.37. The molecule has 7 heteroatoms. The molecule has 0 amide bonds. The van der Waals surface area contributed by atoms with Crippen molar-refractivity contribution in [2.45, 2.75) is 31.5 Å². The smallest absolute Gasteiger partial charge is 0.228 e. The molecule has 3 heterocycles. The van der Waals surface area contributed by atoms with Gasteiger partial charge in [-0.2, -0.15) is 14.6 Å². The summed E-state index contributed by atoms with van der Waals surface area (Å²) in [4.78, 5) is 13.4. The number of hydrogen-bond acceptors (Lipinski definition) is 6. The molecule has 0 bridgehead atoms. The lowest BCUT2D eigenvalue weighted by Crippen LogP contribution is -2.09.